The normalized spacial score (nSPS) is 10.9. The number of carboxylic acids is 1. The Morgan fingerprint density at radius 2 is 1.08 bits per heavy atom. The second kappa shape index (κ2) is 16.5. The van der Waals surface area contributed by atoms with Crippen LogP contribution in [0.1, 0.15) is 31.4 Å². The van der Waals surface area contributed by atoms with Gasteiger partial charge in [-0.25, -0.2) is 0 Å². The number of hydrogen-bond acceptors (Lipinski definition) is 2. The second-order valence-corrected chi connectivity index (χ2v) is 9.63. The smallest absolute Gasteiger partial charge is 0.103 e. The number of fused-ring (bicyclic) bond motifs is 2. The first-order chi connectivity index (χ1) is 17.2. The molecule has 0 aliphatic rings. The molecule has 0 heterocycles. The van der Waals surface area contributed by atoms with E-state index in [0.717, 1.165) is 19.5 Å². The number of carboxylic acid groups (broad SMARTS) is 1. The highest BCUT2D eigenvalue weighted by Gasteiger charge is 2.03. The molecule has 0 amide bonds. The summed E-state index contributed by atoms with van der Waals surface area (Å²) in [5, 5.41) is 15.4. The van der Waals surface area contributed by atoms with E-state index in [1.807, 2.05) is 6.92 Å². The van der Waals surface area contributed by atoms with Crippen molar-refractivity contribution in [2.45, 2.75) is 33.4 Å². The summed E-state index contributed by atoms with van der Waals surface area (Å²) < 4.78 is 0. The lowest BCUT2D eigenvalue weighted by atomic mass is 10.0. The Bertz CT molecular complexity index is 1190. The van der Waals surface area contributed by atoms with Crippen molar-refractivity contribution < 1.29 is 32.1 Å². The molecule has 0 spiro atoms. The van der Waals surface area contributed by atoms with Crippen molar-refractivity contribution >= 4 is 27.5 Å². The SMILES string of the molecule is CCC=C(C)C(=O)[O-].C[NH+](C)Cc1cccc2ccccc12.C[NH+](C)Cc1cccc2ccccc12.[Cl-]. The fraction of sp³-hybridized carbons (Fsp3) is 0.281. The minimum absolute atomic E-state index is 0. The number of halogens is 1. The quantitative estimate of drug-likeness (QED) is 0.353. The zero-order chi connectivity index (χ0) is 26.5. The molecule has 4 aromatic carbocycles. The van der Waals surface area contributed by atoms with Crippen LogP contribution in [0.5, 0.6) is 0 Å². The molecule has 198 valence electrons. The zero-order valence-electron chi connectivity index (χ0n) is 23.0. The van der Waals surface area contributed by atoms with Crippen LogP contribution < -0.4 is 27.3 Å². The van der Waals surface area contributed by atoms with E-state index < -0.39 is 5.97 Å². The number of aliphatic carboxylic acids is 1. The van der Waals surface area contributed by atoms with Gasteiger partial charge in [-0.15, -0.1) is 0 Å². The van der Waals surface area contributed by atoms with Crippen LogP contribution in [0.25, 0.3) is 21.5 Å². The monoisotopic (exact) mass is 520 g/mol. The molecule has 4 aromatic rings. The molecule has 0 bridgehead atoms. The summed E-state index contributed by atoms with van der Waals surface area (Å²) in [6.07, 6.45) is 2.37. The molecule has 0 saturated carbocycles. The Labute approximate surface area is 228 Å². The lowest BCUT2D eigenvalue weighted by Crippen LogP contribution is -3.04. The molecule has 0 aliphatic carbocycles. The Morgan fingerprint density at radius 3 is 1.41 bits per heavy atom. The van der Waals surface area contributed by atoms with Gasteiger partial charge in [-0.3, -0.25) is 0 Å². The largest absolute Gasteiger partial charge is 1.00 e. The van der Waals surface area contributed by atoms with Crippen LogP contribution >= 0.6 is 0 Å². The standard InChI is InChI=1S/2C13H15N.C6H10O2.ClH/c2*1-14(2)10-12-8-5-7-11-6-3-4-9-13(11)12;1-3-4-5(2)6(7)8;/h2*3-9H,10H2,1-2H3;4H,3H2,1-2H3,(H,7,8);1H. The van der Waals surface area contributed by atoms with E-state index in [1.165, 1.54) is 49.4 Å². The van der Waals surface area contributed by atoms with Gasteiger partial charge in [0.2, 0.25) is 0 Å². The molecule has 0 aliphatic heterocycles. The Kier molecular flexibility index (Phi) is 14.2. The van der Waals surface area contributed by atoms with Gasteiger partial charge in [0.1, 0.15) is 13.1 Å². The number of carbonyl (C=O) groups excluding carboxylic acids is 1. The van der Waals surface area contributed by atoms with Crippen molar-refractivity contribution in [2.75, 3.05) is 28.2 Å². The van der Waals surface area contributed by atoms with Crippen molar-refractivity contribution in [3.05, 3.63) is 108 Å². The highest BCUT2D eigenvalue weighted by Crippen LogP contribution is 2.18. The summed E-state index contributed by atoms with van der Waals surface area (Å²) >= 11 is 0. The van der Waals surface area contributed by atoms with Gasteiger partial charge in [-0.2, -0.15) is 0 Å². The number of allylic oxidation sites excluding steroid dienone is 1. The van der Waals surface area contributed by atoms with Crippen LogP contribution in [0.15, 0.2) is 96.6 Å². The third-order valence-electron chi connectivity index (χ3n) is 5.68. The first-order valence-electron chi connectivity index (χ1n) is 12.6. The molecule has 0 aromatic heterocycles. The fourth-order valence-corrected chi connectivity index (χ4v) is 4.04. The van der Waals surface area contributed by atoms with E-state index >= 15 is 0 Å². The maximum Gasteiger partial charge on any atom is 0.103 e. The topological polar surface area (TPSA) is 49.0 Å². The van der Waals surface area contributed by atoms with Gasteiger partial charge in [-0.05, 0) is 40.5 Å². The van der Waals surface area contributed by atoms with Crippen LogP contribution in [0.2, 0.25) is 0 Å². The Hall–Kier alpha value is -3.18. The summed E-state index contributed by atoms with van der Waals surface area (Å²) in [6.45, 7) is 5.58. The average Bonchev–Trinajstić information content (AvgIpc) is 2.85. The van der Waals surface area contributed by atoms with Gasteiger partial charge in [0.05, 0.1) is 34.2 Å². The van der Waals surface area contributed by atoms with Crippen molar-refractivity contribution in [1.29, 1.82) is 0 Å². The highest BCUT2D eigenvalue weighted by molar-refractivity contribution is 5.86. The molecule has 0 unspecified atom stereocenters. The molecule has 4 rings (SSSR count). The lowest BCUT2D eigenvalue weighted by molar-refractivity contribution is -0.872. The van der Waals surface area contributed by atoms with E-state index in [0.29, 0.717) is 5.57 Å². The van der Waals surface area contributed by atoms with Gasteiger partial charge in [0.25, 0.3) is 0 Å². The van der Waals surface area contributed by atoms with Crippen LogP contribution in [-0.2, 0) is 17.9 Å². The molecule has 0 saturated heterocycles. The fourth-order valence-electron chi connectivity index (χ4n) is 4.04. The van der Waals surface area contributed by atoms with E-state index in [9.17, 15) is 9.90 Å². The van der Waals surface area contributed by atoms with E-state index in [1.54, 1.807) is 6.08 Å². The molecule has 37 heavy (non-hydrogen) atoms. The van der Waals surface area contributed by atoms with Gasteiger partial charge >= 0.3 is 0 Å². The summed E-state index contributed by atoms with van der Waals surface area (Å²) in [6, 6.07) is 30.2. The minimum Gasteiger partial charge on any atom is -1.00 e. The van der Waals surface area contributed by atoms with Crippen LogP contribution in [-0.4, -0.2) is 34.2 Å². The summed E-state index contributed by atoms with van der Waals surface area (Å²) in [5.74, 6) is -1.08. The number of quaternary nitrogens is 2. The van der Waals surface area contributed by atoms with Gasteiger partial charge in [0, 0.05) is 11.1 Å². The first-order valence-corrected chi connectivity index (χ1v) is 12.6. The maximum atomic E-state index is 9.91. The van der Waals surface area contributed by atoms with E-state index in [4.69, 9.17) is 0 Å². The highest BCUT2D eigenvalue weighted by atomic mass is 35.5. The Morgan fingerprint density at radius 1 is 0.703 bits per heavy atom. The number of benzene rings is 4. The number of nitrogens with one attached hydrogen (secondary N) is 2. The van der Waals surface area contributed by atoms with Crippen molar-refractivity contribution in [3.63, 3.8) is 0 Å². The molecule has 2 N–H and O–H groups in total. The summed E-state index contributed by atoms with van der Waals surface area (Å²) in [5.41, 5.74) is 3.18. The predicted molar refractivity (Wildman–Crippen MR) is 150 cm³/mol. The van der Waals surface area contributed by atoms with Crippen molar-refractivity contribution in [1.82, 2.24) is 0 Å². The Balaban J connectivity index is 0.000000286. The summed E-state index contributed by atoms with van der Waals surface area (Å²) in [7, 11) is 8.73. The van der Waals surface area contributed by atoms with E-state index in [2.05, 4.69) is 113 Å². The molecular weight excluding hydrogens is 480 g/mol. The number of rotatable bonds is 6. The van der Waals surface area contributed by atoms with Gasteiger partial charge < -0.3 is 32.1 Å². The third-order valence-corrected chi connectivity index (χ3v) is 5.68. The molecular formula is C32H41ClN2O2. The van der Waals surface area contributed by atoms with Crippen LogP contribution in [0.3, 0.4) is 0 Å². The van der Waals surface area contributed by atoms with Gasteiger partial charge in [0.15, 0.2) is 0 Å². The third kappa shape index (κ3) is 10.8. The van der Waals surface area contributed by atoms with Crippen molar-refractivity contribution in [3.8, 4) is 0 Å². The lowest BCUT2D eigenvalue weighted by Gasteiger charge is -2.09. The van der Waals surface area contributed by atoms with E-state index in [-0.39, 0.29) is 12.4 Å². The average molecular weight is 521 g/mol. The molecule has 0 fully saturated rings. The van der Waals surface area contributed by atoms with Gasteiger partial charge in [-0.1, -0.05) is 97.9 Å². The maximum absolute atomic E-state index is 9.91. The zero-order valence-corrected chi connectivity index (χ0v) is 23.7. The molecule has 0 radical (unpaired) electrons. The predicted octanol–water partition coefficient (Wildman–Crippen LogP) is 0.0652. The molecule has 0 atom stereocenters. The second-order valence-electron chi connectivity index (χ2n) is 9.63. The number of carbonyl (C=O) groups is 1. The summed E-state index contributed by atoms with van der Waals surface area (Å²) in [4.78, 5) is 12.8. The number of hydrogen-bond donors (Lipinski definition) is 2. The van der Waals surface area contributed by atoms with Crippen molar-refractivity contribution in [2.24, 2.45) is 0 Å². The molecule has 5 heteroatoms. The first kappa shape index (κ1) is 31.8. The van der Waals surface area contributed by atoms with Crippen LogP contribution in [0, 0.1) is 0 Å². The molecule has 4 nitrogen and oxygen atoms in total. The minimum atomic E-state index is -1.08. The van der Waals surface area contributed by atoms with Crippen LogP contribution in [0.4, 0.5) is 0 Å².